The van der Waals surface area contributed by atoms with E-state index in [9.17, 15) is 9.90 Å². The molecule has 0 aromatic rings. The second kappa shape index (κ2) is 8.53. The van der Waals surface area contributed by atoms with Crippen molar-refractivity contribution in [3.8, 4) is 0 Å². The molecule has 16 heavy (non-hydrogen) atoms. The maximum atomic E-state index is 10.3. The lowest BCUT2D eigenvalue weighted by Crippen LogP contribution is -2.04. The van der Waals surface area contributed by atoms with Gasteiger partial charge in [0.2, 0.25) is 0 Å². The smallest absolute Gasteiger partial charge is 0.303 e. The minimum atomic E-state index is -0.792. The number of aliphatic hydroxyl groups excluding tert-OH is 1. The molecule has 0 amide bonds. The van der Waals surface area contributed by atoms with Crippen LogP contribution in [0.15, 0.2) is 23.3 Å². The minimum absolute atomic E-state index is 0.143. The fraction of sp³-hybridized carbons (Fsp3) is 0.583. The topological polar surface area (TPSA) is 57.5 Å². The van der Waals surface area contributed by atoms with E-state index in [-0.39, 0.29) is 6.42 Å². The lowest BCUT2D eigenvalue weighted by Gasteiger charge is -2.07. The van der Waals surface area contributed by atoms with Crippen LogP contribution >= 0.6 is 15.9 Å². The van der Waals surface area contributed by atoms with Crippen molar-refractivity contribution in [1.82, 2.24) is 0 Å². The van der Waals surface area contributed by atoms with E-state index >= 15 is 0 Å². The zero-order valence-electron chi connectivity index (χ0n) is 9.74. The maximum Gasteiger partial charge on any atom is 0.303 e. The molecule has 92 valence electrons. The molecule has 4 heteroatoms. The van der Waals surface area contributed by atoms with Gasteiger partial charge in [0.15, 0.2) is 0 Å². The van der Waals surface area contributed by atoms with Crippen LogP contribution in [0.1, 0.15) is 33.1 Å². The first-order chi connectivity index (χ1) is 7.45. The first-order valence-electron chi connectivity index (χ1n) is 5.24. The van der Waals surface area contributed by atoms with Crippen LogP contribution in [0.3, 0.4) is 0 Å². The van der Waals surface area contributed by atoms with E-state index in [1.165, 1.54) is 0 Å². The number of hydrogen-bond donors (Lipinski definition) is 2. The van der Waals surface area contributed by atoms with Gasteiger partial charge in [-0.3, -0.25) is 4.79 Å². The highest BCUT2D eigenvalue weighted by molar-refractivity contribution is 9.09. The van der Waals surface area contributed by atoms with E-state index in [2.05, 4.69) is 15.9 Å². The molecule has 0 aliphatic rings. The SMILES string of the molecule is CC(=CC(O)CC(C)=CCCC(=O)O)CBr. The average molecular weight is 291 g/mol. The van der Waals surface area contributed by atoms with Gasteiger partial charge in [-0.15, -0.1) is 0 Å². The van der Waals surface area contributed by atoms with Crippen molar-refractivity contribution in [1.29, 1.82) is 0 Å². The molecule has 1 unspecified atom stereocenters. The van der Waals surface area contributed by atoms with E-state index in [4.69, 9.17) is 5.11 Å². The van der Waals surface area contributed by atoms with E-state index in [0.717, 1.165) is 16.5 Å². The van der Waals surface area contributed by atoms with Gasteiger partial charge in [-0.05, 0) is 26.7 Å². The zero-order valence-corrected chi connectivity index (χ0v) is 11.3. The number of aliphatic hydroxyl groups is 1. The molecule has 0 rings (SSSR count). The third-order valence-corrected chi connectivity index (χ3v) is 2.95. The molecule has 0 saturated carbocycles. The molecular weight excluding hydrogens is 272 g/mol. The van der Waals surface area contributed by atoms with Crippen molar-refractivity contribution in [3.63, 3.8) is 0 Å². The summed E-state index contributed by atoms with van der Waals surface area (Å²) in [7, 11) is 0. The Labute approximate surface area is 105 Å². The predicted octanol–water partition coefficient (Wildman–Crippen LogP) is 2.89. The van der Waals surface area contributed by atoms with Crippen molar-refractivity contribution in [2.24, 2.45) is 0 Å². The summed E-state index contributed by atoms with van der Waals surface area (Å²) < 4.78 is 0. The van der Waals surface area contributed by atoms with Crippen LogP contribution in [0.2, 0.25) is 0 Å². The molecule has 2 N–H and O–H groups in total. The second-order valence-electron chi connectivity index (χ2n) is 3.90. The lowest BCUT2D eigenvalue weighted by molar-refractivity contribution is -0.136. The van der Waals surface area contributed by atoms with Crippen molar-refractivity contribution in [2.75, 3.05) is 5.33 Å². The van der Waals surface area contributed by atoms with E-state index in [1.807, 2.05) is 26.0 Å². The predicted molar refractivity (Wildman–Crippen MR) is 68.8 cm³/mol. The summed E-state index contributed by atoms with van der Waals surface area (Å²) in [5, 5.41) is 18.9. The number of halogens is 1. The highest BCUT2D eigenvalue weighted by Crippen LogP contribution is 2.10. The Balaban J connectivity index is 4.03. The number of carbonyl (C=O) groups is 1. The Hall–Kier alpha value is -0.610. The van der Waals surface area contributed by atoms with Crippen LogP contribution in [0.5, 0.6) is 0 Å². The van der Waals surface area contributed by atoms with Crippen LogP contribution < -0.4 is 0 Å². The van der Waals surface area contributed by atoms with Crippen molar-refractivity contribution >= 4 is 21.9 Å². The normalized spacial score (nSPS) is 15.0. The number of aliphatic carboxylic acids is 1. The molecule has 0 aromatic carbocycles. The molecule has 0 aliphatic carbocycles. The van der Waals surface area contributed by atoms with E-state index in [1.54, 1.807) is 0 Å². The highest BCUT2D eigenvalue weighted by atomic mass is 79.9. The second-order valence-corrected chi connectivity index (χ2v) is 4.46. The van der Waals surface area contributed by atoms with Crippen LogP contribution in [-0.2, 0) is 4.79 Å². The third-order valence-electron chi connectivity index (χ3n) is 2.07. The summed E-state index contributed by atoms with van der Waals surface area (Å²) in [5.41, 5.74) is 2.11. The highest BCUT2D eigenvalue weighted by Gasteiger charge is 2.02. The van der Waals surface area contributed by atoms with Crippen molar-refractivity contribution < 1.29 is 15.0 Å². The van der Waals surface area contributed by atoms with E-state index < -0.39 is 12.1 Å². The standard InChI is InChI=1S/C12H19BrO3/c1-9(4-3-5-12(15)16)6-11(14)7-10(2)8-13/h4,7,11,14H,3,5-6,8H2,1-2H3,(H,15,16). The molecule has 1 atom stereocenters. The molecule has 0 fully saturated rings. The molecule has 3 nitrogen and oxygen atoms in total. The Morgan fingerprint density at radius 2 is 2.00 bits per heavy atom. The van der Waals surface area contributed by atoms with Gasteiger partial charge in [0.05, 0.1) is 6.10 Å². The summed E-state index contributed by atoms with van der Waals surface area (Å²) in [6.07, 6.45) is 4.42. The summed E-state index contributed by atoms with van der Waals surface area (Å²) in [4.78, 5) is 10.3. The molecule has 0 spiro atoms. The molecule has 0 radical (unpaired) electrons. The van der Waals surface area contributed by atoms with Gasteiger partial charge >= 0.3 is 5.97 Å². The van der Waals surface area contributed by atoms with Gasteiger partial charge in [0.25, 0.3) is 0 Å². The summed E-state index contributed by atoms with van der Waals surface area (Å²) >= 11 is 3.31. The first-order valence-corrected chi connectivity index (χ1v) is 6.36. The fourth-order valence-corrected chi connectivity index (χ4v) is 1.47. The number of carboxylic acid groups (broad SMARTS) is 1. The number of rotatable bonds is 7. The Morgan fingerprint density at radius 1 is 1.38 bits per heavy atom. The number of carboxylic acids is 1. The number of allylic oxidation sites excluding steroid dienone is 2. The molecule has 0 heterocycles. The Morgan fingerprint density at radius 3 is 2.50 bits per heavy atom. The van der Waals surface area contributed by atoms with Gasteiger partial charge in [0, 0.05) is 11.8 Å². The summed E-state index contributed by atoms with van der Waals surface area (Å²) in [5.74, 6) is -0.792. The lowest BCUT2D eigenvalue weighted by atomic mass is 10.1. The number of hydrogen-bond acceptors (Lipinski definition) is 2. The maximum absolute atomic E-state index is 10.3. The van der Waals surface area contributed by atoms with Gasteiger partial charge in [-0.1, -0.05) is 39.2 Å². The molecule has 0 aromatic heterocycles. The van der Waals surface area contributed by atoms with Crippen LogP contribution in [0.25, 0.3) is 0 Å². The summed E-state index contributed by atoms with van der Waals surface area (Å²) in [6.45, 7) is 3.85. The number of alkyl halides is 1. The Kier molecular flexibility index (Phi) is 8.21. The van der Waals surface area contributed by atoms with Gasteiger partial charge in [-0.2, -0.15) is 0 Å². The fourth-order valence-electron chi connectivity index (χ4n) is 1.29. The summed E-state index contributed by atoms with van der Waals surface area (Å²) in [6, 6.07) is 0. The quantitative estimate of drug-likeness (QED) is 0.560. The zero-order chi connectivity index (χ0) is 12.6. The van der Waals surface area contributed by atoms with Crippen LogP contribution in [0, 0.1) is 0 Å². The van der Waals surface area contributed by atoms with Crippen molar-refractivity contribution in [2.45, 2.75) is 39.2 Å². The van der Waals surface area contributed by atoms with E-state index in [0.29, 0.717) is 12.8 Å². The van der Waals surface area contributed by atoms with Gasteiger partial charge in [0.1, 0.15) is 0 Å². The first kappa shape index (κ1) is 15.4. The monoisotopic (exact) mass is 290 g/mol. The minimum Gasteiger partial charge on any atom is -0.481 e. The average Bonchev–Trinajstić information content (AvgIpc) is 2.16. The Bertz CT molecular complexity index is 282. The molecule has 0 saturated heterocycles. The molecular formula is C12H19BrO3. The molecule has 0 aliphatic heterocycles. The van der Waals surface area contributed by atoms with Crippen LogP contribution in [-0.4, -0.2) is 27.6 Å². The van der Waals surface area contributed by atoms with Crippen molar-refractivity contribution in [3.05, 3.63) is 23.3 Å². The third kappa shape index (κ3) is 8.68. The van der Waals surface area contributed by atoms with Gasteiger partial charge in [-0.25, -0.2) is 0 Å². The largest absolute Gasteiger partial charge is 0.481 e. The molecule has 0 bridgehead atoms. The van der Waals surface area contributed by atoms with Gasteiger partial charge < -0.3 is 10.2 Å². The van der Waals surface area contributed by atoms with Crippen LogP contribution in [0.4, 0.5) is 0 Å².